The predicted octanol–water partition coefficient (Wildman–Crippen LogP) is 1.53. The molecule has 1 amide bonds. The third kappa shape index (κ3) is 3.14. The molecule has 0 bridgehead atoms. The van der Waals surface area contributed by atoms with Gasteiger partial charge in [0, 0.05) is 19.8 Å². The van der Waals surface area contributed by atoms with Crippen LogP contribution in [0.1, 0.15) is 40.8 Å². The highest BCUT2D eigenvalue weighted by atomic mass is 16.3. The molecule has 1 saturated heterocycles. The van der Waals surface area contributed by atoms with Gasteiger partial charge in [0.2, 0.25) is 0 Å². The van der Waals surface area contributed by atoms with Crippen molar-refractivity contribution in [3.8, 4) is 0 Å². The lowest BCUT2D eigenvalue weighted by Gasteiger charge is -2.39. The van der Waals surface area contributed by atoms with E-state index in [2.05, 4.69) is 33.4 Å². The summed E-state index contributed by atoms with van der Waals surface area (Å²) in [7, 11) is 4.10. The number of rotatable bonds is 4. The van der Waals surface area contributed by atoms with E-state index in [1.807, 2.05) is 17.9 Å². The maximum Gasteiger partial charge on any atom is 0.273 e. The Kier molecular flexibility index (Phi) is 4.47. The van der Waals surface area contributed by atoms with Crippen LogP contribution in [0.5, 0.6) is 0 Å². The summed E-state index contributed by atoms with van der Waals surface area (Å²) in [5.74, 6) is 0.722. The molecule has 2 aromatic rings. The summed E-state index contributed by atoms with van der Waals surface area (Å²) in [5.41, 5.74) is 1.55. The molecule has 0 radical (unpaired) electrons. The molecule has 7 heteroatoms. The third-order valence-corrected chi connectivity index (χ3v) is 4.65. The first-order valence-corrected chi connectivity index (χ1v) is 7.94. The average molecular weight is 317 g/mol. The average Bonchev–Trinajstić information content (AvgIpc) is 3.13. The van der Waals surface area contributed by atoms with E-state index < -0.39 is 0 Å². The van der Waals surface area contributed by atoms with Crippen LogP contribution in [0.2, 0.25) is 0 Å². The van der Waals surface area contributed by atoms with Crippen LogP contribution in [0.25, 0.3) is 0 Å². The number of aromatic nitrogens is 3. The molecule has 0 saturated carbocycles. The summed E-state index contributed by atoms with van der Waals surface area (Å²) >= 11 is 0. The number of nitrogens with zero attached hydrogens (tertiary/aromatic N) is 4. The number of oxazole rings is 1. The van der Waals surface area contributed by atoms with Gasteiger partial charge in [0.25, 0.3) is 5.91 Å². The van der Waals surface area contributed by atoms with Crippen molar-refractivity contribution in [3.05, 3.63) is 35.8 Å². The van der Waals surface area contributed by atoms with Gasteiger partial charge >= 0.3 is 0 Å². The number of hydrogen-bond acceptors (Lipinski definition) is 5. The van der Waals surface area contributed by atoms with Gasteiger partial charge in [0.05, 0.1) is 11.7 Å². The Bertz CT molecular complexity index is 678. The minimum atomic E-state index is -0.173. The van der Waals surface area contributed by atoms with Crippen molar-refractivity contribution < 1.29 is 9.21 Å². The van der Waals surface area contributed by atoms with E-state index in [-0.39, 0.29) is 11.9 Å². The van der Waals surface area contributed by atoms with Gasteiger partial charge in [-0.15, -0.1) is 0 Å². The van der Waals surface area contributed by atoms with E-state index >= 15 is 0 Å². The maximum absolute atomic E-state index is 12.2. The molecule has 0 unspecified atom stereocenters. The van der Waals surface area contributed by atoms with Crippen LogP contribution in [-0.2, 0) is 7.05 Å². The van der Waals surface area contributed by atoms with Crippen molar-refractivity contribution >= 4 is 5.91 Å². The molecular weight excluding hydrogens is 294 g/mol. The van der Waals surface area contributed by atoms with Crippen LogP contribution in [0.3, 0.4) is 0 Å². The Hall–Kier alpha value is -2.15. The maximum atomic E-state index is 12.2. The lowest BCUT2D eigenvalue weighted by molar-refractivity contribution is 0.0875. The first-order chi connectivity index (χ1) is 11.1. The smallest absolute Gasteiger partial charge is 0.273 e. The number of likely N-dealkylation sites (tertiary alicyclic amines) is 1. The van der Waals surface area contributed by atoms with Crippen LogP contribution < -0.4 is 5.32 Å². The summed E-state index contributed by atoms with van der Waals surface area (Å²) in [5, 5.41) is 7.30. The van der Waals surface area contributed by atoms with Crippen LogP contribution in [-0.4, -0.2) is 45.7 Å². The van der Waals surface area contributed by atoms with Crippen molar-refractivity contribution in [3.63, 3.8) is 0 Å². The van der Waals surface area contributed by atoms with Crippen molar-refractivity contribution in [2.75, 3.05) is 20.1 Å². The Labute approximate surface area is 135 Å². The number of aryl methyl sites for hydroxylation is 2. The lowest BCUT2D eigenvalue weighted by atomic mass is 9.87. The Morgan fingerprint density at radius 3 is 2.96 bits per heavy atom. The van der Waals surface area contributed by atoms with Gasteiger partial charge in [0.15, 0.2) is 12.1 Å². The summed E-state index contributed by atoms with van der Waals surface area (Å²) in [4.78, 5) is 18.6. The molecule has 7 nitrogen and oxygen atoms in total. The number of nitrogens with one attached hydrogen (secondary N) is 1. The fourth-order valence-electron chi connectivity index (χ4n) is 3.45. The zero-order valence-corrected chi connectivity index (χ0v) is 13.8. The number of carbonyl (C=O) groups is 1. The summed E-state index contributed by atoms with van der Waals surface area (Å²) in [6, 6.07) is 2.32. The molecule has 2 aromatic heterocycles. The summed E-state index contributed by atoms with van der Waals surface area (Å²) in [6.07, 6.45) is 5.34. The Morgan fingerprint density at radius 2 is 2.30 bits per heavy atom. The van der Waals surface area contributed by atoms with Gasteiger partial charge < -0.3 is 9.73 Å². The van der Waals surface area contributed by atoms with Crippen molar-refractivity contribution in [1.82, 2.24) is 25.0 Å². The Balaban J connectivity index is 1.71. The number of piperidine rings is 1. The first kappa shape index (κ1) is 15.7. The van der Waals surface area contributed by atoms with Gasteiger partial charge in [-0.2, -0.15) is 5.10 Å². The van der Waals surface area contributed by atoms with Crippen LogP contribution >= 0.6 is 0 Å². The molecule has 124 valence electrons. The number of amides is 1. The predicted molar refractivity (Wildman–Crippen MR) is 84.9 cm³/mol. The first-order valence-electron chi connectivity index (χ1n) is 7.94. The fraction of sp³-hybridized carbons (Fsp3) is 0.562. The van der Waals surface area contributed by atoms with Crippen LogP contribution in [0, 0.1) is 12.8 Å². The van der Waals surface area contributed by atoms with Crippen molar-refractivity contribution in [2.24, 2.45) is 13.0 Å². The number of carbonyl (C=O) groups excluding carboxylic acids is 1. The van der Waals surface area contributed by atoms with Gasteiger partial charge in [-0.3, -0.25) is 14.4 Å². The monoisotopic (exact) mass is 317 g/mol. The molecule has 1 fully saturated rings. The molecule has 23 heavy (non-hydrogen) atoms. The van der Waals surface area contributed by atoms with Gasteiger partial charge in [-0.25, -0.2) is 4.98 Å². The summed E-state index contributed by atoms with van der Waals surface area (Å²) < 4.78 is 7.02. The normalized spacial score (nSPS) is 22.2. The molecule has 3 heterocycles. The molecule has 1 aliphatic heterocycles. The molecule has 3 rings (SSSR count). The largest absolute Gasteiger partial charge is 0.448 e. The highest BCUT2D eigenvalue weighted by Gasteiger charge is 2.32. The second-order valence-electron chi connectivity index (χ2n) is 6.17. The Morgan fingerprint density at radius 1 is 1.48 bits per heavy atom. The molecule has 1 N–H and O–H groups in total. The standard InChI is InChI=1S/C16H23N5O2/c1-11-14(18-10-23-11)16(22)17-9-12-5-4-8-20(2)15(12)13-6-7-19-21(13)3/h6-7,10,12,15H,4-5,8-9H2,1-3H3,(H,17,22)/t12-,15+/m0/s1. The molecule has 0 aromatic carbocycles. The zero-order valence-electron chi connectivity index (χ0n) is 13.8. The highest BCUT2D eigenvalue weighted by molar-refractivity contribution is 5.93. The molecule has 0 aliphatic carbocycles. The van der Waals surface area contributed by atoms with E-state index in [0.717, 1.165) is 19.4 Å². The van der Waals surface area contributed by atoms with Crippen molar-refractivity contribution in [2.45, 2.75) is 25.8 Å². The SMILES string of the molecule is Cc1ocnc1C(=O)NC[C@@H]1CCCN(C)[C@H]1c1ccnn1C. The molecular formula is C16H23N5O2. The van der Waals surface area contributed by atoms with E-state index in [4.69, 9.17) is 4.42 Å². The quantitative estimate of drug-likeness (QED) is 0.925. The third-order valence-electron chi connectivity index (χ3n) is 4.65. The number of hydrogen-bond donors (Lipinski definition) is 1. The second-order valence-corrected chi connectivity index (χ2v) is 6.17. The minimum Gasteiger partial charge on any atom is -0.448 e. The van der Waals surface area contributed by atoms with E-state index in [1.165, 1.54) is 12.1 Å². The van der Waals surface area contributed by atoms with Gasteiger partial charge in [0.1, 0.15) is 5.76 Å². The second kappa shape index (κ2) is 6.54. The van der Waals surface area contributed by atoms with E-state index in [1.54, 1.807) is 6.92 Å². The van der Waals surface area contributed by atoms with E-state index in [0.29, 0.717) is 23.9 Å². The van der Waals surface area contributed by atoms with Crippen LogP contribution in [0.15, 0.2) is 23.1 Å². The van der Waals surface area contributed by atoms with Crippen LogP contribution in [0.4, 0.5) is 0 Å². The fourth-order valence-corrected chi connectivity index (χ4v) is 3.45. The molecule has 1 aliphatic rings. The van der Waals surface area contributed by atoms with E-state index in [9.17, 15) is 4.79 Å². The van der Waals surface area contributed by atoms with Crippen molar-refractivity contribution in [1.29, 1.82) is 0 Å². The topological polar surface area (TPSA) is 76.2 Å². The van der Waals surface area contributed by atoms with Gasteiger partial charge in [-0.1, -0.05) is 0 Å². The lowest BCUT2D eigenvalue weighted by Crippen LogP contribution is -2.42. The summed E-state index contributed by atoms with van der Waals surface area (Å²) in [6.45, 7) is 3.42. The minimum absolute atomic E-state index is 0.173. The molecule has 2 atom stereocenters. The molecule has 0 spiro atoms. The zero-order chi connectivity index (χ0) is 16.4. The highest BCUT2D eigenvalue weighted by Crippen LogP contribution is 2.34. The van der Waals surface area contributed by atoms with Gasteiger partial charge in [-0.05, 0) is 45.3 Å².